The highest BCUT2D eigenvalue weighted by atomic mass is 79.9. The van der Waals surface area contributed by atoms with Crippen LogP contribution in [-0.2, 0) is 6.54 Å². The first-order chi connectivity index (χ1) is 9.63. The van der Waals surface area contributed by atoms with E-state index < -0.39 is 0 Å². The summed E-state index contributed by atoms with van der Waals surface area (Å²) in [6.45, 7) is 3.40. The third kappa shape index (κ3) is 2.83. The van der Waals surface area contributed by atoms with Crippen molar-refractivity contribution in [3.05, 3.63) is 22.7 Å². The smallest absolute Gasteiger partial charge is 0.201 e. The van der Waals surface area contributed by atoms with Crippen molar-refractivity contribution in [3.63, 3.8) is 0 Å². The molecular formula is C15H21BrN4. The molecule has 20 heavy (non-hydrogen) atoms. The van der Waals surface area contributed by atoms with Gasteiger partial charge in [-0.2, -0.15) is 0 Å². The molecule has 2 N–H and O–H groups in total. The minimum absolute atomic E-state index is 0.631. The fourth-order valence-electron chi connectivity index (χ4n) is 3.01. The van der Waals surface area contributed by atoms with Crippen molar-refractivity contribution in [3.8, 4) is 0 Å². The summed E-state index contributed by atoms with van der Waals surface area (Å²) in [5, 5.41) is 0. The van der Waals surface area contributed by atoms with Gasteiger partial charge in [-0.1, -0.05) is 15.9 Å². The maximum absolute atomic E-state index is 6.07. The van der Waals surface area contributed by atoms with Gasteiger partial charge in [0.05, 0.1) is 11.0 Å². The largest absolute Gasteiger partial charge is 0.369 e. The molecule has 1 aromatic carbocycles. The molecule has 1 fully saturated rings. The third-order valence-electron chi connectivity index (χ3n) is 4.34. The van der Waals surface area contributed by atoms with Gasteiger partial charge >= 0.3 is 0 Å². The SMILES string of the molecule is CN1CCC(CCn2c(N)nc3ccc(Br)cc32)CC1. The number of anilines is 1. The van der Waals surface area contributed by atoms with Crippen LogP contribution in [0.3, 0.4) is 0 Å². The zero-order valence-corrected chi connectivity index (χ0v) is 13.4. The van der Waals surface area contributed by atoms with Crippen LogP contribution in [0.4, 0.5) is 5.95 Å². The molecule has 0 radical (unpaired) electrons. The molecular weight excluding hydrogens is 316 g/mol. The van der Waals surface area contributed by atoms with E-state index in [1.165, 1.54) is 32.4 Å². The lowest BCUT2D eigenvalue weighted by molar-refractivity contribution is 0.208. The molecule has 1 aliphatic rings. The quantitative estimate of drug-likeness (QED) is 0.936. The molecule has 2 heterocycles. The van der Waals surface area contributed by atoms with Crippen molar-refractivity contribution < 1.29 is 0 Å². The van der Waals surface area contributed by atoms with Gasteiger partial charge in [0.15, 0.2) is 0 Å². The summed E-state index contributed by atoms with van der Waals surface area (Å²) >= 11 is 3.52. The predicted octanol–water partition coefficient (Wildman–Crippen LogP) is 3.11. The number of rotatable bonds is 3. The molecule has 0 amide bonds. The van der Waals surface area contributed by atoms with Gasteiger partial charge in [-0.25, -0.2) is 4.98 Å². The van der Waals surface area contributed by atoms with Crippen LogP contribution in [-0.4, -0.2) is 34.6 Å². The number of nitrogen functional groups attached to an aromatic ring is 1. The molecule has 0 bridgehead atoms. The van der Waals surface area contributed by atoms with Gasteiger partial charge in [-0.05, 0) is 63.5 Å². The minimum atomic E-state index is 0.631. The van der Waals surface area contributed by atoms with E-state index in [9.17, 15) is 0 Å². The number of hydrogen-bond donors (Lipinski definition) is 1. The van der Waals surface area contributed by atoms with E-state index in [2.05, 4.69) is 43.5 Å². The van der Waals surface area contributed by atoms with Crippen LogP contribution < -0.4 is 5.73 Å². The summed E-state index contributed by atoms with van der Waals surface area (Å²) in [6, 6.07) is 6.13. The Hall–Kier alpha value is -1.07. The van der Waals surface area contributed by atoms with Crippen molar-refractivity contribution >= 4 is 32.9 Å². The van der Waals surface area contributed by atoms with Gasteiger partial charge in [0.25, 0.3) is 0 Å². The number of likely N-dealkylation sites (tertiary alicyclic amines) is 1. The molecule has 5 heteroatoms. The van der Waals surface area contributed by atoms with Crippen LogP contribution in [0.25, 0.3) is 11.0 Å². The number of imidazole rings is 1. The number of fused-ring (bicyclic) bond motifs is 1. The summed E-state index contributed by atoms with van der Waals surface area (Å²) in [4.78, 5) is 6.85. The first kappa shape index (κ1) is 13.9. The number of hydrogen-bond acceptors (Lipinski definition) is 3. The summed E-state index contributed by atoms with van der Waals surface area (Å²) in [5.41, 5.74) is 8.18. The first-order valence-corrected chi connectivity index (χ1v) is 8.02. The van der Waals surface area contributed by atoms with Gasteiger partial charge in [0.1, 0.15) is 0 Å². The molecule has 2 aromatic rings. The van der Waals surface area contributed by atoms with Crippen molar-refractivity contribution in [2.45, 2.75) is 25.8 Å². The standard InChI is InChI=1S/C15H21BrN4/c1-19-7-4-11(5-8-19)6-9-20-14-10-12(16)2-3-13(14)18-15(20)17/h2-3,10-11H,4-9H2,1H3,(H2,17,18). The van der Waals surface area contributed by atoms with Crippen molar-refractivity contribution in [1.29, 1.82) is 0 Å². The Labute approximate surface area is 128 Å². The molecule has 0 saturated carbocycles. The topological polar surface area (TPSA) is 47.1 Å². The van der Waals surface area contributed by atoms with Crippen molar-refractivity contribution in [2.24, 2.45) is 5.92 Å². The Bertz CT molecular complexity index is 599. The lowest BCUT2D eigenvalue weighted by atomic mass is 9.94. The van der Waals surface area contributed by atoms with E-state index in [4.69, 9.17) is 5.73 Å². The van der Waals surface area contributed by atoms with Gasteiger partial charge < -0.3 is 15.2 Å². The lowest BCUT2D eigenvalue weighted by Gasteiger charge is -2.29. The average molecular weight is 337 g/mol. The second-order valence-electron chi connectivity index (χ2n) is 5.79. The fraction of sp³-hybridized carbons (Fsp3) is 0.533. The number of benzene rings is 1. The summed E-state index contributed by atoms with van der Waals surface area (Å²) < 4.78 is 3.23. The molecule has 0 aliphatic carbocycles. The minimum Gasteiger partial charge on any atom is -0.369 e. The Morgan fingerprint density at radius 2 is 2.10 bits per heavy atom. The second kappa shape index (κ2) is 5.74. The molecule has 4 nitrogen and oxygen atoms in total. The van der Waals surface area contributed by atoms with Crippen LogP contribution in [0, 0.1) is 5.92 Å². The maximum atomic E-state index is 6.07. The zero-order valence-electron chi connectivity index (χ0n) is 11.8. The highest BCUT2D eigenvalue weighted by molar-refractivity contribution is 9.10. The summed E-state index contributed by atoms with van der Waals surface area (Å²) in [6.07, 6.45) is 3.79. The van der Waals surface area contributed by atoms with E-state index in [0.717, 1.165) is 28.0 Å². The number of halogens is 1. The number of piperidine rings is 1. The lowest BCUT2D eigenvalue weighted by Crippen LogP contribution is -2.30. The van der Waals surface area contributed by atoms with Gasteiger partial charge in [-0.15, -0.1) is 0 Å². The molecule has 1 saturated heterocycles. The summed E-state index contributed by atoms with van der Waals surface area (Å²) in [7, 11) is 2.20. The molecule has 0 atom stereocenters. The van der Waals surface area contributed by atoms with Crippen LogP contribution in [0.15, 0.2) is 22.7 Å². The number of aromatic nitrogens is 2. The van der Waals surface area contributed by atoms with Gasteiger partial charge in [0, 0.05) is 11.0 Å². The van der Waals surface area contributed by atoms with Crippen LogP contribution >= 0.6 is 15.9 Å². The Balaban J connectivity index is 1.74. The average Bonchev–Trinajstić information content (AvgIpc) is 2.73. The zero-order chi connectivity index (χ0) is 14.1. The van der Waals surface area contributed by atoms with E-state index in [1.807, 2.05) is 12.1 Å². The number of nitrogens with zero attached hydrogens (tertiary/aromatic N) is 3. The van der Waals surface area contributed by atoms with Gasteiger partial charge in [-0.3, -0.25) is 0 Å². The molecule has 3 rings (SSSR count). The van der Waals surface area contributed by atoms with E-state index >= 15 is 0 Å². The second-order valence-corrected chi connectivity index (χ2v) is 6.71. The highest BCUT2D eigenvalue weighted by Gasteiger charge is 2.17. The number of aryl methyl sites for hydroxylation is 1. The molecule has 0 unspecified atom stereocenters. The third-order valence-corrected chi connectivity index (χ3v) is 4.83. The van der Waals surface area contributed by atoms with Crippen molar-refractivity contribution in [1.82, 2.24) is 14.5 Å². The van der Waals surface area contributed by atoms with Gasteiger partial charge in [0.2, 0.25) is 5.95 Å². The van der Waals surface area contributed by atoms with E-state index in [-0.39, 0.29) is 0 Å². The van der Waals surface area contributed by atoms with Crippen LogP contribution in [0.1, 0.15) is 19.3 Å². The Morgan fingerprint density at radius 1 is 1.35 bits per heavy atom. The van der Waals surface area contributed by atoms with Crippen LogP contribution in [0.5, 0.6) is 0 Å². The van der Waals surface area contributed by atoms with Crippen LogP contribution in [0.2, 0.25) is 0 Å². The Kier molecular flexibility index (Phi) is 3.98. The molecule has 1 aliphatic heterocycles. The highest BCUT2D eigenvalue weighted by Crippen LogP contribution is 2.25. The molecule has 108 valence electrons. The van der Waals surface area contributed by atoms with E-state index in [1.54, 1.807) is 0 Å². The normalized spacial score (nSPS) is 17.9. The predicted molar refractivity (Wildman–Crippen MR) is 86.7 cm³/mol. The molecule has 0 spiro atoms. The fourth-order valence-corrected chi connectivity index (χ4v) is 3.36. The monoisotopic (exact) mass is 336 g/mol. The van der Waals surface area contributed by atoms with E-state index in [0.29, 0.717) is 5.95 Å². The number of nitrogens with two attached hydrogens (primary N) is 1. The first-order valence-electron chi connectivity index (χ1n) is 7.23. The Morgan fingerprint density at radius 3 is 2.85 bits per heavy atom. The summed E-state index contributed by atoms with van der Waals surface area (Å²) in [5.74, 6) is 1.45. The maximum Gasteiger partial charge on any atom is 0.201 e. The molecule has 1 aromatic heterocycles. The van der Waals surface area contributed by atoms with Crippen molar-refractivity contribution in [2.75, 3.05) is 25.9 Å².